The molecule has 0 aromatic heterocycles. The average Bonchev–Trinajstić information content (AvgIpc) is 2.05. The maximum Gasteiger partial charge on any atom is 0.190 e. The van der Waals surface area contributed by atoms with Crippen molar-refractivity contribution in [3.05, 3.63) is 11.3 Å². The van der Waals surface area contributed by atoms with E-state index in [9.17, 15) is 5.11 Å². The second-order valence-corrected chi connectivity index (χ2v) is 3.22. The van der Waals surface area contributed by atoms with Gasteiger partial charge in [-0.25, -0.2) is 0 Å². The number of allylic oxidation sites excluding steroid dienone is 1. The monoisotopic (exact) mass is 186 g/mol. The van der Waals surface area contributed by atoms with Crippen molar-refractivity contribution in [1.29, 1.82) is 0 Å². The number of hydrogen-bond donors (Lipinski definition) is 1. The number of aliphatic hydroxyl groups is 1. The summed E-state index contributed by atoms with van der Waals surface area (Å²) < 4.78 is 5.17. The van der Waals surface area contributed by atoms with Crippen LogP contribution in [-0.4, -0.2) is 16.8 Å². The van der Waals surface area contributed by atoms with Crippen molar-refractivity contribution in [3.63, 3.8) is 0 Å². The summed E-state index contributed by atoms with van der Waals surface area (Å²) >= 11 is 5.01. The highest BCUT2D eigenvalue weighted by molar-refractivity contribution is 7.80. The van der Waals surface area contributed by atoms with E-state index in [1.54, 1.807) is 0 Å². The van der Waals surface area contributed by atoms with E-state index < -0.39 is 0 Å². The van der Waals surface area contributed by atoms with Gasteiger partial charge in [0, 0.05) is 12.0 Å². The van der Waals surface area contributed by atoms with E-state index in [0.717, 1.165) is 31.3 Å². The van der Waals surface area contributed by atoms with E-state index >= 15 is 0 Å². The molecule has 0 spiro atoms. The van der Waals surface area contributed by atoms with Gasteiger partial charge >= 0.3 is 0 Å². The number of hydrogen-bond acceptors (Lipinski definition) is 3. The van der Waals surface area contributed by atoms with Gasteiger partial charge in [-0.05, 0) is 38.4 Å². The maximum atomic E-state index is 9.48. The summed E-state index contributed by atoms with van der Waals surface area (Å²) in [5, 5.41) is 9.96. The molecule has 0 saturated carbocycles. The van der Waals surface area contributed by atoms with E-state index in [0.29, 0.717) is 17.4 Å². The van der Waals surface area contributed by atoms with Crippen molar-refractivity contribution in [2.75, 3.05) is 6.61 Å². The molecule has 0 saturated heterocycles. The normalized spacial score (nSPS) is 17.8. The minimum absolute atomic E-state index is 0.430. The van der Waals surface area contributed by atoms with Crippen LogP contribution < -0.4 is 0 Å². The summed E-state index contributed by atoms with van der Waals surface area (Å²) in [5.41, 5.74) is 0.845. The van der Waals surface area contributed by atoms with Crippen LogP contribution in [0, 0.1) is 0 Å². The Bertz CT molecular complexity index is 209. The van der Waals surface area contributed by atoms with Crippen molar-refractivity contribution in [2.45, 2.75) is 32.6 Å². The van der Waals surface area contributed by atoms with Crippen LogP contribution in [0.15, 0.2) is 11.3 Å². The molecule has 0 atom stereocenters. The largest absolute Gasteiger partial charge is 0.512 e. The lowest BCUT2D eigenvalue weighted by Gasteiger charge is -2.16. The zero-order valence-corrected chi connectivity index (χ0v) is 8.12. The number of thiocarbonyl (C=S) groups is 1. The van der Waals surface area contributed by atoms with Crippen LogP contribution in [0.5, 0.6) is 0 Å². The molecule has 1 N–H and O–H groups in total. The Labute approximate surface area is 78.2 Å². The highest BCUT2D eigenvalue weighted by atomic mass is 32.1. The van der Waals surface area contributed by atoms with Crippen molar-refractivity contribution in [3.8, 4) is 0 Å². The molecule has 0 heterocycles. The first-order chi connectivity index (χ1) is 5.75. The van der Waals surface area contributed by atoms with Gasteiger partial charge in [-0.15, -0.1) is 0 Å². The first-order valence-corrected chi connectivity index (χ1v) is 4.74. The number of rotatable bonds is 2. The third-order valence-corrected chi connectivity index (χ3v) is 2.32. The highest BCUT2D eigenvalue weighted by Crippen LogP contribution is 2.24. The molecule has 0 unspecified atom stereocenters. The number of aliphatic hydroxyl groups excluding tert-OH is 1. The minimum atomic E-state index is 0.430. The fourth-order valence-corrected chi connectivity index (χ4v) is 1.67. The smallest absolute Gasteiger partial charge is 0.190 e. The summed E-state index contributed by atoms with van der Waals surface area (Å²) in [6.45, 7) is 2.47. The van der Waals surface area contributed by atoms with Gasteiger partial charge in [0.15, 0.2) is 5.05 Å². The van der Waals surface area contributed by atoms with Gasteiger partial charge in [0.05, 0.1) is 6.61 Å². The zero-order chi connectivity index (χ0) is 8.97. The van der Waals surface area contributed by atoms with Crippen LogP contribution in [0.1, 0.15) is 32.6 Å². The van der Waals surface area contributed by atoms with E-state index in [4.69, 9.17) is 17.0 Å². The predicted octanol–water partition coefficient (Wildman–Crippen LogP) is 2.74. The van der Waals surface area contributed by atoms with Crippen LogP contribution in [0.25, 0.3) is 0 Å². The van der Waals surface area contributed by atoms with Crippen molar-refractivity contribution in [1.82, 2.24) is 0 Å². The molecular formula is C9H14O2S. The molecule has 0 aliphatic heterocycles. The lowest BCUT2D eigenvalue weighted by atomic mass is 9.98. The standard InChI is InChI=1S/C9H14O2S/c1-2-11-9(12)7-5-3-4-6-8(7)10/h10H,2-6H2,1H3. The van der Waals surface area contributed by atoms with Crippen LogP contribution in [0.3, 0.4) is 0 Å². The van der Waals surface area contributed by atoms with Crippen LogP contribution in [0.4, 0.5) is 0 Å². The molecule has 0 amide bonds. The van der Waals surface area contributed by atoms with Gasteiger partial charge in [0.25, 0.3) is 0 Å². The lowest BCUT2D eigenvalue weighted by Crippen LogP contribution is -2.11. The fraction of sp³-hybridized carbons (Fsp3) is 0.667. The van der Waals surface area contributed by atoms with Crippen molar-refractivity contribution < 1.29 is 9.84 Å². The molecule has 12 heavy (non-hydrogen) atoms. The molecule has 3 heteroatoms. The molecule has 2 nitrogen and oxygen atoms in total. The summed E-state index contributed by atoms with van der Waals surface area (Å²) in [6.07, 6.45) is 3.78. The molecule has 0 aromatic rings. The Morgan fingerprint density at radius 3 is 2.75 bits per heavy atom. The molecule has 0 radical (unpaired) electrons. The average molecular weight is 186 g/mol. The second-order valence-electron chi connectivity index (χ2n) is 2.85. The van der Waals surface area contributed by atoms with Crippen LogP contribution >= 0.6 is 12.2 Å². The summed E-state index contributed by atoms with van der Waals surface area (Å²) in [4.78, 5) is 0. The van der Waals surface area contributed by atoms with Crippen molar-refractivity contribution >= 4 is 17.3 Å². The topological polar surface area (TPSA) is 29.5 Å². The van der Waals surface area contributed by atoms with E-state index in [2.05, 4.69) is 0 Å². The maximum absolute atomic E-state index is 9.48. The SMILES string of the molecule is CCOC(=S)C1=C(O)CCCC1. The molecular weight excluding hydrogens is 172 g/mol. The summed E-state index contributed by atoms with van der Waals surface area (Å²) in [6, 6.07) is 0. The van der Waals surface area contributed by atoms with Gasteiger partial charge in [-0.2, -0.15) is 0 Å². The first-order valence-electron chi connectivity index (χ1n) is 4.33. The van der Waals surface area contributed by atoms with E-state index in [1.165, 1.54) is 0 Å². The molecule has 0 bridgehead atoms. The molecule has 0 fully saturated rings. The zero-order valence-electron chi connectivity index (χ0n) is 7.30. The highest BCUT2D eigenvalue weighted by Gasteiger charge is 2.16. The lowest BCUT2D eigenvalue weighted by molar-refractivity contribution is 0.322. The minimum Gasteiger partial charge on any atom is -0.512 e. The summed E-state index contributed by atoms with van der Waals surface area (Å²) in [5.74, 6) is 0.430. The molecule has 0 aromatic carbocycles. The molecule has 1 aliphatic carbocycles. The Hall–Kier alpha value is -0.570. The Morgan fingerprint density at radius 2 is 2.17 bits per heavy atom. The van der Waals surface area contributed by atoms with Gasteiger partial charge < -0.3 is 9.84 Å². The third-order valence-electron chi connectivity index (χ3n) is 1.96. The second kappa shape index (κ2) is 4.45. The Morgan fingerprint density at radius 1 is 1.50 bits per heavy atom. The molecule has 1 aliphatic rings. The van der Waals surface area contributed by atoms with Gasteiger partial charge in [0.2, 0.25) is 0 Å². The number of ether oxygens (including phenoxy) is 1. The Kier molecular flexibility index (Phi) is 3.53. The predicted molar refractivity (Wildman–Crippen MR) is 52.3 cm³/mol. The van der Waals surface area contributed by atoms with Gasteiger partial charge in [0.1, 0.15) is 5.76 Å². The summed E-state index contributed by atoms with van der Waals surface area (Å²) in [7, 11) is 0. The van der Waals surface area contributed by atoms with E-state index in [-0.39, 0.29) is 0 Å². The Balaban J connectivity index is 2.64. The van der Waals surface area contributed by atoms with Crippen LogP contribution in [-0.2, 0) is 4.74 Å². The quantitative estimate of drug-likeness (QED) is 0.672. The van der Waals surface area contributed by atoms with Crippen molar-refractivity contribution in [2.24, 2.45) is 0 Å². The van der Waals surface area contributed by atoms with Gasteiger partial charge in [-0.1, -0.05) is 0 Å². The fourth-order valence-electron chi connectivity index (χ4n) is 1.33. The first kappa shape index (κ1) is 9.52. The molecule has 1 rings (SSSR count). The van der Waals surface area contributed by atoms with Gasteiger partial charge in [-0.3, -0.25) is 0 Å². The molecule has 68 valence electrons. The third kappa shape index (κ3) is 2.21. The van der Waals surface area contributed by atoms with E-state index in [1.807, 2.05) is 6.92 Å². The van der Waals surface area contributed by atoms with Crippen LogP contribution in [0.2, 0.25) is 0 Å².